The smallest absolute Gasteiger partial charge is 0.368 e. The number of carbonyl (C=O) groups excluding carboxylic acids is 1. The summed E-state index contributed by atoms with van der Waals surface area (Å²) in [6, 6.07) is 0. The van der Waals surface area contributed by atoms with Gasteiger partial charge in [-0.05, 0) is 11.8 Å². The Bertz CT molecular complexity index is 128. The summed E-state index contributed by atoms with van der Waals surface area (Å²) < 4.78 is 4.84. The lowest BCUT2D eigenvalue weighted by Gasteiger charge is -2.13. The molecule has 0 spiro atoms. The number of ether oxygens (including phenoxy) is 1. The second-order valence-electron chi connectivity index (χ2n) is 2.40. The Morgan fingerprint density at radius 1 is 1.64 bits per heavy atom. The molecule has 0 amide bonds. The molecule has 0 bridgehead atoms. The van der Waals surface area contributed by atoms with E-state index >= 15 is 0 Å². The van der Waals surface area contributed by atoms with Crippen molar-refractivity contribution in [2.45, 2.75) is 26.3 Å². The summed E-state index contributed by atoms with van der Waals surface area (Å²) in [6.45, 7) is 5.70. The molecule has 0 saturated carbocycles. The Labute approximate surface area is 76.6 Å². The summed E-state index contributed by atoms with van der Waals surface area (Å²) in [4.78, 5) is 10.8. The van der Waals surface area contributed by atoms with Crippen molar-refractivity contribution in [3.8, 4) is 0 Å². The lowest BCUT2D eigenvalue weighted by Crippen LogP contribution is -2.14. The number of rotatable bonds is 3. The average molecular weight is 197 g/mol. The molecule has 0 aromatic heterocycles. The van der Waals surface area contributed by atoms with Gasteiger partial charge in [0.1, 0.15) is 0 Å². The summed E-state index contributed by atoms with van der Waals surface area (Å²) in [7, 11) is 0. The topological polar surface area (TPSA) is 26.3 Å². The van der Waals surface area contributed by atoms with Gasteiger partial charge in [-0.2, -0.15) is 0 Å². The number of halogens is 1. The molecule has 0 saturated heterocycles. The molecule has 0 fully saturated rings. The van der Waals surface area contributed by atoms with Crippen LogP contribution in [-0.4, -0.2) is 16.6 Å². The maximum Gasteiger partial charge on any atom is 0.368 e. The van der Waals surface area contributed by atoms with E-state index < -0.39 is 5.56 Å². The van der Waals surface area contributed by atoms with Gasteiger partial charge in [0.2, 0.25) is 0 Å². The first-order valence-electron chi connectivity index (χ1n) is 3.55. The van der Waals surface area contributed by atoms with Crippen molar-refractivity contribution < 1.29 is 9.53 Å². The van der Waals surface area contributed by atoms with Crippen LogP contribution in [0.25, 0.3) is 0 Å². The van der Waals surface area contributed by atoms with Crippen LogP contribution in [0.1, 0.15) is 20.8 Å². The number of hydrogen-bond acceptors (Lipinski definition) is 3. The van der Waals surface area contributed by atoms with Crippen LogP contribution in [0.4, 0.5) is 4.79 Å². The third-order valence-corrected chi connectivity index (χ3v) is 2.21. The molecule has 0 aliphatic carbocycles. The predicted molar refractivity (Wildman–Crippen MR) is 49.1 cm³/mol. The summed E-state index contributed by atoms with van der Waals surface area (Å²) in [5, 5.41) is -0.291. The quantitative estimate of drug-likeness (QED) is 0.513. The molecule has 0 aromatic rings. The summed E-state index contributed by atoms with van der Waals surface area (Å²) >= 11 is 6.82. The van der Waals surface area contributed by atoms with Crippen LogP contribution in [0.2, 0.25) is 0 Å². The van der Waals surface area contributed by atoms with Crippen molar-refractivity contribution in [1.82, 2.24) is 0 Å². The van der Waals surface area contributed by atoms with Crippen LogP contribution in [0.15, 0.2) is 0 Å². The van der Waals surface area contributed by atoms with Crippen LogP contribution >= 0.6 is 23.4 Å². The molecular formula is C7H13ClO2S. The Morgan fingerprint density at radius 3 is 2.55 bits per heavy atom. The minimum absolute atomic E-state index is 0.165. The largest absolute Gasteiger partial charge is 0.438 e. The number of hydrogen-bond donors (Lipinski definition) is 0. The zero-order valence-corrected chi connectivity index (χ0v) is 8.54. The molecule has 4 heteroatoms. The molecule has 0 heterocycles. The molecule has 0 aliphatic heterocycles. The van der Waals surface area contributed by atoms with Crippen LogP contribution in [0, 0.1) is 5.92 Å². The first kappa shape index (κ1) is 11.1. The first-order valence-corrected chi connectivity index (χ1v) is 4.97. The van der Waals surface area contributed by atoms with Crippen molar-refractivity contribution in [2.24, 2.45) is 5.92 Å². The van der Waals surface area contributed by atoms with Gasteiger partial charge in [0, 0.05) is 11.7 Å². The van der Waals surface area contributed by atoms with Gasteiger partial charge in [0.25, 0.3) is 0 Å². The highest BCUT2D eigenvalue weighted by Crippen LogP contribution is 2.15. The molecule has 1 atom stereocenters. The van der Waals surface area contributed by atoms with E-state index in [4.69, 9.17) is 16.3 Å². The van der Waals surface area contributed by atoms with Gasteiger partial charge in [-0.25, -0.2) is 4.79 Å². The van der Waals surface area contributed by atoms with E-state index in [2.05, 4.69) is 0 Å². The zero-order chi connectivity index (χ0) is 8.85. The maximum absolute atomic E-state index is 10.8. The molecular weight excluding hydrogens is 184 g/mol. The summed E-state index contributed by atoms with van der Waals surface area (Å²) in [5.74, 6) is 0.888. The van der Waals surface area contributed by atoms with Crippen molar-refractivity contribution in [3.63, 3.8) is 0 Å². The van der Waals surface area contributed by atoms with E-state index in [1.807, 2.05) is 20.8 Å². The minimum Gasteiger partial charge on any atom is -0.438 e. The minimum atomic E-state index is -0.499. The molecule has 0 aromatic carbocycles. The van der Waals surface area contributed by atoms with Crippen molar-refractivity contribution in [2.75, 3.05) is 5.75 Å². The van der Waals surface area contributed by atoms with E-state index in [1.165, 1.54) is 0 Å². The highest BCUT2D eigenvalue weighted by atomic mass is 35.5. The molecule has 11 heavy (non-hydrogen) atoms. The Morgan fingerprint density at radius 2 is 2.18 bits per heavy atom. The van der Waals surface area contributed by atoms with Crippen LogP contribution in [-0.2, 0) is 4.74 Å². The average Bonchev–Trinajstić information content (AvgIpc) is 1.87. The lowest BCUT2D eigenvalue weighted by atomic mass is 10.2. The number of thioether (sulfide) groups is 1. The third-order valence-electron chi connectivity index (χ3n) is 0.995. The SMILES string of the molecule is CCSC(=O)OC(Cl)C(C)C. The second-order valence-corrected chi connectivity index (χ2v) is 4.03. The van der Waals surface area contributed by atoms with E-state index in [0.29, 0.717) is 0 Å². The molecule has 66 valence electrons. The van der Waals surface area contributed by atoms with Gasteiger partial charge < -0.3 is 4.74 Å². The first-order chi connectivity index (χ1) is 5.07. The monoisotopic (exact) mass is 196 g/mol. The van der Waals surface area contributed by atoms with E-state index in [-0.39, 0.29) is 11.2 Å². The Hall–Kier alpha value is 0.110. The van der Waals surface area contributed by atoms with Gasteiger partial charge in [0.15, 0.2) is 5.56 Å². The molecule has 0 aliphatic rings. The normalized spacial score (nSPS) is 13.2. The maximum atomic E-state index is 10.8. The fraction of sp³-hybridized carbons (Fsp3) is 0.857. The van der Waals surface area contributed by atoms with Crippen molar-refractivity contribution >= 4 is 28.7 Å². The second kappa shape index (κ2) is 5.72. The number of alkyl halides is 1. The fourth-order valence-corrected chi connectivity index (χ4v) is 0.921. The number of carbonyl (C=O) groups is 1. The van der Waals surface area contributed by atoms with Gasteiger partial charge >= 0.3 is 5.30 Å². The molecule has 0 N–H and O–H groups in total. The molecule has 0 radical (unpaired) electrons. The molecule has 0 rings (SSSR count). The van der Waals surface area contributed by atoms with Crippen LogP contribution < -0.4 is 0 Å². The van der Waals surface area contributed by atoms with Gasteiger partial charge in [-0.1, -0.05) is 32.4 Å². The zero-order valence-electron chi connectivity index (χ0n) is 6.96. The van der Waals surface area contributed by atoms with E-state index in [1.54, 1.807) is 0 Å². The highest BCUT2D eigenvalue weighted by molar-refractivity contribution is 8.13. The standard InChI is InChI=1S/C7H13ClO2S/c1-4-11-7(9)10-6(8)5(2)3/h5-6H,4H2,1-3H3. The van der Waals surface area contributed by atoms with Crippen LogP contribution in [0.3, 0.4) is 0 Å². The van der Waals surface area contributed by atoms with Gasteiger partial charge in [-0.3, -0.25) is 0 Å². The van der Waals surface area contributed by atoms with E-state index in [0.717, 1.165) is 17.5 Å². The highest BCUT2D eigenvalue weighted by Gasteiger charge is 2.14. The van der Waals surface area contributed by atoms with Gasteiger partial charge in [0.05, 0.1) is 0 Å². The van der Waals surface area contributed by atoms with Crippen LogP contribution in [0.5, 0.6) is 0 Å². The van der Waals surface area contributed by atoms with Gasteiger partial charge in [-0.15, -0.1) is 0 Å². The fourth-order valence-electron chi connectivity index (χ4n) is 0.380. The lowest BCUT2D eigenvalue weighted by molar-refractivity contribution is 0.140. The predicted octanol–water partition coefficient (Wildman–Crippen LogP) is 3.10. The van der Waals surface area contributed by atoms with Crippen molar-refractivity contribution in [3.05, 3.63) is 0 Å². The summed E-state index contributed by atoms with van der Waals surface area (Å²) in [5.41, 5.74) is -0.499. The Balaban J connectivity index is 3.57. The Kier molecular flexibility index (Phi) is 5.78. The molecule has 1 unspecified atom stereocenters. The molecule has 2 nitrogen and oxygen atoms in total. The summed E-state index contributed by atoms with van der Waals surface area (Å²) in [6.07, 6.45) is 0. The third kappa shape index (κ3) is 5.39. The van der Waals surface area contributed by atoms with E-state index in [9.17, 15) is 4.79 Å². The van der Waals surface area contributed by atoms with Crippen molar-refractivity contribution in [1.29, 1.82) is 0 Å².